The second kappa shape index (κ2) is 5.91. The summed E-state index contributed by atoms with van der Waals surface area (Å²) in [4.78, 5) is 0. The third kappa shape index (κ3) is 2.35. The standard InChI is InChI=1S/C20H20B2O2/c21-15-9-11-5-1-3-7-13(11)17(19(15)23)18-14-8-4-2-6-12(14)10-16(22)20(18)24/h9-10,23-24H,1-8H2. The zero-order valence-electron chi connectivity index (χ0n) is 13.9. The molecule has 0 heterocycles. The number of phenols is 2. The first-order chi connectivity index (χ1) is 11.6. The van der Waals surface area contributed by atoms with Gasteiger partial charge in [-0.15, -0.1) is 0 Å². The van der Waals surface area contributed by atoms with Crippen LogP contribution in [-0.2, 0) is 25.7 Å². The number of rotatable bonds is 1. The second-order valence-electron chi connectivity index (χ2n) is 7.07. The van der Waals surface area contributed by atoms with E-state index in [4.69, 9.17) is 15.7 Å². The van der Waals surface area contributed by atoms with Crippen molar-refractivity contribution in [3.8, 4) is 22.6 Å². The number of fused-ring (bicyclic) bond motifs is 2. The van der Waals surface area contributed by atoms with E-state index in [-0.39, 0.29) is 11.5 Å². The van der Waals surface area contributed by atoms with Crippen molar-refractivity contribution in [2.45, 2.75) is 51.4 Å². The molecule has 4 rings (SSSR count). The molecule has 0 aromatic heterocycles. The molecule has 0 amide bonds. The molecule has 2 N–H and O–H groups in total. The molecule has 0 unspecified atom stereocenters. The highest BCUT2D eigenvalue weighted by Crippen LogP contribution is 2.44. The molecule has 118 valence electrons. The first-order valence-corrected chi connectivity index (χ1v) is 8.84. The van der Waals surface area contributed by atoms with Crippen molar-refractivity contribution in [3.05, 3.63) is 34.4 Å². The predicted molar refractivity (Wildman–Crippen MR) is 99.3 cm³/mol. The molecule has 0 bridgehead atoms. The Bertz CT molecular complexity index is 758. The maximum absolute atomic E-state index is 10.7. The van der Waals surface area contributed by atoms with Gasteiger partial charge in [0.25, 0.3) is 0 Å². The Morgan fingerprint density at radius 3 is 1.42 bits per heavy atom. The SMILES string of the molecule is [B]c1cc2c(c(-c3c(O)c([B])cc4c3CCCC4)c1O)CCCC2. The fraction of sp³-hybridized carbons (Fsp3) is 0.400. The molecule has 0 saturated carbocycles. The highest BCUT2D eigenvalue weighted by atomic mass is 16.3. The molecule has 4 heteroatoms. The molecule has 0 spiro atoms. The average Bonchev–Trinajstić information content (AvgIpc) is 2.58. The number of aromatic hydroxyl groups is 2. The summed E-state index contributed by atoms with van der Waals surface area (Å²) in [6.45, 7) is 0. The molecule has 2 aromatic rings. The molecule has 0 aliphatic heterocycles. The largest absolute Gasteiger partial charge is 0.508 e. The number of aryl methyl sites for hydroxylation is 2. The van der Waals surface area contributed by atoms with E-state index in [2.05, 4.69) is 0 Å². The number of hydrogen-bond donors (Lipinski definition) is 2. The summed E-state index contributed by atoms with van der Waals surface area (Å²) in [5.41, 5.74) is 6.84. The summed E-state index contributed by atoms with van der Waals surface area (Å²) in [5, 5.41) is 21.5. The Morgan fingerprint density at radius 1 is 0.625 bits per heavy atom. The van der Waals surface area contributed by atoms with Crippen molar-refractivity contribution in [1.29, 1.82) is 0 Å². The van der Waals surface area contributed by atoms with Gasteiger partial charge in [-0.25, -0.2) is 0 Å². The van der Waals surface area contributed by atoms with E-state index in [1.54, 1.807) is 0 Å². The van der Waals surface area contributed by atoms with Crippen LogP contribution in [0.5, 0.6) is 11.5 Å². The van der Waals surface area contributed by atoms with E-state index in [1.807, 2.05) is 12.1 Å². The number of benzene rings is 2. The zero-order valence-corrected chi connectivity index (χ0v) is 13.9. The molecule has 24 heavy (non-hydrogen) atoms. The van der Waals surface area contributed by atoms with Crippen molar-refractivity contribution in [2.24, 2.45) is 0 Å². The Hall–Kier alpha value is -1.83. The van der Waals surface area contributed by atoms with Gasteiger partial charge in [-0.05, 0) is 73.6 Å². The molecule has 2 aliphatic carbocycles. The fourth-order valence-corrected chi connectivity index (χ4v) is 4.37. The highest BCUT2D eigenvalue weighted by Gasteiger charge is 2.26. The minimum atomic E-state index is 0.0873. The molecular weight excluding hydrogens is 294 g/mol. The molecule has 4 radical (unpaired) electrons. The number of phenolic OH excluding ortho intramolecular Hbond substituents is 2. The Labute approximate surface area is 145 Å². The normalized spacial score (nSPS) is 16.5. The second-order valence-corrected chi connectivity index (χ2v) is 7.07. The van der Waals surface area contributed by atoms with Gasteiger partial charge >= 0.3 is 0 Å². The summed E-state index contributed by atoms with van der Waals surface area (Å²) in [5.74, 6) is 0.175. The van der Waals surface area contributed by atoms with Crippen LogP contribution in [-0.4, -0.2) is 25.9 Å². The number of hydrogen-bond acceptors (Lipinski definition) is 2. The Kier molecular flexibility index (Phi) is 3.86. The minimum absolute atomic E-state index is 0.0873. The predicted octanol–water partition coefficient (Wildman–Crippen LogP) is 2.11. The zero-order chi connectivity index (χ0) is 16.8. The van der Waals surface area contributed by atoms with Crippen LogP contribution in [0.1, 0.15) is 47.9 Å². The molecule has 2 aromatic carbocycles. The first kappa shape index (κ1) is 15.7. The van der Waals surface area contributed by atoms with Gasteiger partial charge < -0.3 is 10.2 Å². The van der Waals surface area contributed by atoms with Gasteiger partial charge in [-0.2, -0.15) is 0 Å². The van der Waals surface area contributed by atoms with Crippen LogP contribution in [0.25, 0.3) is 11.1 Å². The molecule has 2 aliphatic rings. The van der Waals surface area contributed by atoms with Crippen LogP contribution >= 0.6 is 0 Å². The van der Waals surface area contributed by atoms with Crippen LogP contribution in [0.15, 0.2) is 12.1 Å². The molecule has 0 saturated heterocycles. The van der Waals surface area contributed by atoms with Crippen molar-refractivity contribution < 1.29 is 10.2 Å². The lowest BCUT2D eigenvalue weighted by Gasteiger charge is -2.27. The third-order valence-corrected chi connectivity index (χ3v) is 5.55. The van der Waals surface area contributed by atoms with E-state index >= 15 is 0 Å². The first-order valence-electron chi connectivity index (χ1n) is 8.84. The topological polar surface area (TPSA) is 40.5 Å². The van der Waals surface area contributed by atoms with E-state index in [0.29, 0.717) is 22.1 Å². The Balaban J connectivity index is 2.07. The third-order valence-electron chi connectivity index (χ3n) is 5.55. The summed E-state index contributed by atoms with van der Waals surface area (Å²) in [6.07, 6.45) is 8.21. The Morgan fingerprint density at radius 2 is 1.00 bits per heavy atom. The quantitative estimate of drug-likeness (QED) is 0.792. The molecule has 0 atom stereocenters. The van der Waals surface area contributed by atoms with Gasteiger partial charge in [0, 0.05) is 11.1 Å². The van der Waals surface area contributed by atoms with Gasteiger partial charge in [-0.1, -0.05) is 23.1 Å². The van der Waals surface area contributed by atoms with Crippen molar-refractivity contribution in [2.75, 3.05) is 0 Å². The van der Waals surface area contributed by atoms with Crippen LogP contribution < -0.4 is 10.9 Å². The maximum Gasteiger partial charge on any atom is 0.119 e. The summed E-state index contributed by atoms with van der Waals surface area (Å²) < 4.78 is 0. The van der Waals surface area contributed by atoms with Gasteiger partial charge in [0.15, 0.2) is 0 Å². The van der Waals surface area contributed by atoms with Crippen molar-refractivity contribution in [1.82, 2.24) is 0 Å². The summed E-state index contributed by atoms with van der Waals surface area (Å²) in [6, 6.07) is 3.78. The molecule has 2 nitrogen and oxygen atoms in total. The van der Waals surface area contributed by atoms with Gasteiger partial charge in [0.05, 0.1) is 0 Å². The van der Waals surface area contributed by atoms with Crippen LogP contribution in [0.2, 0.25) is 0 Å². The lowest BCUT2D eigenvalue weighted by molar-refractivity contribution is 0.471. The van der Waals surface area contributed by atoms with Gasteiger partial charge in [0.1, 0.15) is 27.2 Å². The molecule has 0 fully saturated rings. The fourth-order valence-electron chi connectivity index (χ4n) is 4.37. The smallest absolute Gasteiger partial charge is 0.119 e. The van der Waals surface area contributed by atoms with Crippen LogP contribution in [0.3, 0.4) is 0 Å². The highest BCUT2D eigenvalue weighted by molar-refractivity contribution is 6.36. The van der Waals surface area contributed by atoms with E-state index in [1.165, 1.54) is 11.1 Å². The summed E-state index contributed by atoms with van der Waals surface area (Å²) in [7, 11) is 12.2. The van der Waals surface area contributed by atoms with Crippen molar-refractivity contribution in [3.63, 3.8) is 0 Å². The molecular formula is C20H20B2O2. The minimum Gasteiger partial charge on any atom is -0.508 e. The van der Waals surface area contributed by atoms with Gasteiger partial charge in [-0.3, -0.25) is 0 Å². The van der Waals surface area contributed by atoms with Gasteiger partial charge in [0.2, 0.25) is 0 Å². The lowest BCUT2D eigenvalue weighted by Crippen LogP contribution is -2.17. The lowest BCUT2D eigenvalue weighted by atomic mass is 9.74. The maximum atomic E-state index is 10.7. The van der Waals surface area contributed by atoms with E-state index in [0.717, 1.165) is 62.5 Å². The van der Waals surface area contributed by atoms with E-state index < -0.39 is 0 Å². The monoisotopic (exact) mass is 314 g/mol. The summed E-state index contributed by atoms with van der Waals surface area (Å²) >= 11 is 0. The van der Waals surface area contributed by atoms with Crippen molar-refractivity contribution >= 4 is 26.6 Å². The van der Waals surface area contributed by atoms with E-state index in [9.17, 15) is 10.2 Å². The average molecular weight is 314 g/mol. The van der Waals surface area contributed by atoms with Crippen LogP contribution in [0.4, 0.5) is 0 Å². The van der Waals surface area contributed by atoms with Crippen LogP contribution in [0, 0.1) is 0 Å².